The number of hydrogen-bond acceptors (Lipinski definition) is 4. The second-order valence-corrected chi connectivity index (χ2v) is 7.49. The zero-order valence-corrected chi connectivity index (χ0v) is 13.7. The number of benzene rings is 1. The molecule has 21 heavy (non-hydrogen) atoms. The Morgan fingerprint density at radius 3 is 2.76 bits per heavy atom. The Hall–Kier alpha value is -0.890. The van der Waals surface area contributed by atoms with Crippen LogP contribution in [0.15, 0.2) is 23.1 Å². The smallest absolute Gasteiger partial charge is 0.174 e. The molecule has 2 bridgehead atoms. The van der Waals surface area contributed by atoms with Crippen LogP contribution < -0.4 is 4.74 Å². The topological polar surface area (TPSA) is 36.3 Å². The molecule has 5 heteroatoms. The van der Waals surface area contributed by atoms with Crippen LogP contribution in [0.3, 0.4) is 0 Å². The lowest BCUT2D eigenvalue weighted by atomic mass is 10.0. The summed E-state index contributed by atoms with van der Waals surface area (Å²) in [5.74, 6) is 0.736. The first kappa shape index (κ1) is 15.0. The van der Waals surface area contributed by atoms with Crippen molar-refractivity contribution in [3.8, 4) is 11.8 Å². The Morgan fingerprint density at radius 2 is 2.10 bits per heavy atom. The molecule has 0 aliphatic carbocycles. The van der Waals surface area contributed by atoms with Gasteiger partial charge in [0.25, 0.3) is 0 Å². The predicted octanol–water partition coefficient (Wildman–Crippen LogP) is 3.96. The lowest BCUT2D eigenvalue weighted by Gasteiger charge is -2.36. The van der Waals surface area contributed by atoms with Gasteiger partial charge in [0.05, 0.1) is 9.92 Å². The number of halogens is 1. The summed E-state index contributed by atoms with van der Waals surface area (Å²) < 4.78 is 5.52. The largest absolute Gasteiger partial charge is 0.478 e. The van der Waals surface area contributed by atoms with Crippen LogP contribution in [0.1, 0.15) is 25.7 Å². The van der Waals surface area contributed by atoms with Crippen molar-refractivity contribution in [1.82, 2.24) is 4.90 Å². The van der Waals surface area contributed by atoms with Gasteiger partial charge in [0.1, 0.15) is 11.8 Å². The van der Waals surface area contributed by atoms with Crippen molar-refractivity contribution >= 4 is 23.4 Å². The predicted molar refractivity (Wildman–Crippen MR) is 86.0 cm³/mol. The molecule has 2 heterocycles. The molecule has 2 fully saturated rings. The Bertz CT molecular complexity index is 546. The maximum Gasteiger partial charge on any atom is 0.174 e. The zero-order chi connectivity index (χ0) is 14.8. The molecule has 1 aromatic rings. The van der Waals surface area contributed by atoms with E-state index in [0.717, 1.165) is 15.7 Å². The summed E-state index contributed by atoms with van der Waals surface area (Å²) in [4.78, 5) is 3.53. The zero-order valence-electron chi connectivity index (χ0n) is 12.1. The monoisotopic (exact) mass is 322 g/mol. The second-order valence-electron chi connectivity index (χ2n) is 5.78. The Morgan fingerprint density at radius 1 is 1.38 bits per heavy atom. The van der Waals surface area contributed by atoms with Crippen LogP contribution in [0.25, 0.3) is 0 Å². The molecule has 2 aliphatic heterocycles. The Balaban J connectivity index is 1.74. The van der Waals surface area contributed by atoms with E-state index in [1.54, 1.807) is 0 Å². The summed E-state index contributed by atoms with van der Waals surface area (Å²) in [6.07, 6.45) is 5.05. The van der Waals surface area contributed by atoms with E-state index in [1.807, 2.05) is 36.0 Å². The molecule has 0 spiro atoms. The minimum atomic E-state index is 0.0621. The minimum absolute atomic E-state index is 0.0621. The van der Waals surface area contributed by atoms with Crippen LogP contribution in [0, 0.1) is 11.3 Å². The number of fused-ring (bicyclic) bond motifs is 2. The van der Waals surface area contributed by atoms with Crippen molar-refractivity contribution in [2.75, 3.05) is 13.7 Å². The van der Waals surface area contributed by atoms with Gasteiger partial charge in [-0.3, -0.25) is 0 Å². The second kappa shape index (κ2) is 6.48. The van der Waals surface area contributed by atoms with Crippen LogP contribution in [-0.4, -0.2) is 35.9 Å². The van der Waals surface area contributed by atoms with Gasteiger partial charge in [-0.2, -0.15) is 5.26 Å². The molecule has 0 aromatic heterocycles. The molecule has 2 atom stereocenters. The first-order valence-electron chi connectivity index (χ1n) is 7.36. The highest BCUT2D eigenvalue weighted by Crippen LogP contribution is 2.45. The standard InChI is InChI=1S/C16H19ClN2OS/c1-19-11-5-6-12(19)10-13(9-11)21-16-14(17)3-2-4-15(16)20-8-7-18/h2-4,11-13H,5-6,8-10H2,1H3. The number of nitriles is 1. The van der Waals surface area contributed by atoms with E-state index in [9.17, 15) is 0 Å². The number of nitrogens with zero attached hydrogens (tertiary/aromatic N) is 2. The summed E-state index contributed by atoms with van der Waals surface area (Å²) in [6.45, 7) is 0.0621. The highest BCUT2D eigenvalue weighted by Gasteiger charge is 2.39. The molecule has 2 saturated heterocycles. The average Bonchev–Trinajstić information content (AvgIpc) is 2.70. The molecular formula is C16H19ClN2OS. The number of ether oxygens (including phenoxy) is 1. The quantitative estimate of drug-likeness (QED) is 0.840. The number of hydrogen-bond donors (Lipinski definition) is 0. The van der Waals surface area contributed by atoms with E-state index in [4.69, 9.17) is 21.6 Å². The van der Waals surface area contributed by atoms with Crippen molar-refractivity contribution in [2.24, 2.45) is 0 Å². The summed E-state index contributed by atoms with van der Waals surface area (Å²) in [6, 6.07) is 9.11. The van der Waals surface area contributed by atoms with Gasteiger partial charge < -0.3 is 9.64 Å². The van der Waals surface area contributed by atoms with E-state index in [2.05, 4.69) is 11.9 Å². The van der Waals surface area contributed by atoms with Crippen molar-refractivity contribution in [3.05, 3.63) is 23.2 Å². The molecule has 112 valence electrons. The normalized spacial score (nSPS) is 28.3. The van der Waals surface area contributed by atoms with E-state index in [1.165, 1.54) is 25.7 Å². The maximum atomic E-state index is 8.70. The fraction of sp³-hybridized carbons (Fsp3) is 0.562. The Labute approximate surface area is 135 Å². The van der Waals surface area contributed by atoms with Crippen LogP contribution in [-0.2, 0) is 0 Å². The summed E-state index contributed by atoms with van der Waals surface area (Å²) in [5, 5.41) is 10.0. The Kier molecular flexibility index (Phi) is 4.63. The lowest BCUT2D eigenvalue weighted by molar-refractivity contribution is 0.183. The molecule has 1 aromatic carbocycles. The maximum absolute atomic E-state index is 8.70. The molecular weight excluding hydrogens is 304 g/mol. The van der Waals surface area contributed by atoms with Crippen LogP contribution >= 0.6 is 23.4 Å². The SMILES string of the molecule is CN1C2CCC1CC(Sc1c(Cl)cccc1OCC#N)C2. The van der Waals surface area contributed by atoms with Crippen molar-refractivity contribution in [3.63, 3.8) is 0 Å². The highest BCUT2D eigenvalue weighted by atomic mass is 35.5. The molecule has 0 saturated carbocycles. The molecule has 2 unspecified atom stereocenters. The third-order valence-electron chi connectivity index (χ3n) is 4.56. The van der Waals surface area contributed by atoms with Gasteiger partial charge >= 0.3 is 0 Å². The summed E-state index contributed by atoms with van der Waals surface area (Å²) in [5.41, 5.74) is 0. The number of thioether (sulfide) groups is 1. The molecule has 0 radical (unpaired) electrons. The van der Waals surface area contributed by atoms with Crippen molar-refractivity contribution < 1.29 is 4.74 Å². The van der Waals surface area contributed by atoms with Gasteiger partial charge in [-0.15, -0.1) is 11.8 Å². The third kappa shape index (κ3) is 3.15. The summed E-state index contributed by atoms with van der Waals surface area (Å²) in [7, 11) is 2.25. The van der Waals surface area contributed by atoms with E-state index >= 15 is 0 Å². The summed E-state index contributed by atoms with van der Waals surface area (Å²) >= 11 is 8.18. The molecule has 0 amide bonds. The van der Waals surface area contributed by atoms with E-state index < -0.39 is 0 Å². The third-order valence-corrected chi connectivity index (χ3v) is 6.36. The lowest BCUT2D eigenvalue weighted by Crippen LogP contribution is -2.40. The van der Waals surface area contributed by atoms with E-state index in [0.29, 0.717) is 17.3 Å². The molecule has 2 aliphatic rings. The van der Waals surface area contributed by atoms with Gasteiger partial charge in [0.2, 0.25) is 0 Å². The van der Waals surface area contributed by atoms with E-state index in [-0.39, 0.29) is 6.61 Å². The van der Waals surface area contributed by atoms with Crippen LogP contribution in [0.4, 0.5) is 0 Å². The van der Waals surface area contributed by atoms with Gasteiger partial charge in [0.15, 0.2) is 6.61 Å². The fourth-order valence-corrected chi connectivity index (χ4v) is 5.14. The highest BCUT2D eigenvalue weighted by molar-refractivity contribution is 8.00. The van der Waals surface area contributed by atoms with Crippen molar-refractivity contribution in [2.45, 2.75) is 47.9 Å². The van der Waals surface area contributed by atoms with Gasteiger partial charge in [-0.05, 0) is 44.9 Å². The molecule has 0 N–H and O–H groups in total. The number of rotatable bonds is 4. The first-order chi connectivity index (χ1) is 10.2. The number of piperidine rings is 1. The minimum Gasteiger partial charge on any atom is -0.478 e. The molecule has 3 nitrogen and oxygen atoms in total. The van der Waals surface area contributed by atoms with Crippen LogP contribution in [0.2, 0.25) is 5.02 Å². The van der Waals surface area contributed by atoms with Gasteiger partial charge in [-0.25, -0.2) is 0 Å². The molecule has 3 rings (SSSR count). The van der Waals surface area contributed by atoms with Crippen molar-refractivity contribution in [1.29, 1.82) is 5.26 Å². The van der Waals surface area contributed by atoms with Gasteiger partial charge in [-0.1, -0.05) is 17.7 Å². The van der Waals surface area contributed by atoms with Gasteiger partial charge in [0, 0.05) is 17.3 Å². The first-order valence-corrected chi connectivity index (χ1v) is 8.61. The fourth-order valence-electron chi connectivity index (χ4n) is 3.45. The van der Waals surface area contributed by atoms with Crippen LogP contribution in [0.5, 0.6) is 5.75 Å². The average molecular weight is 323 g/mol.